The standard InChI is InChI=1S/C29H41N3O6S/c1-8-19(2)32(27(35)24(16-17-39-7)31-28(36)38-29(3,4)5)25(20-10-9-11-22(33)18-20)26(34)30-21-12-14-23(37-6)15-13-21/h9-15,18-19,24-25,33H,8,16-17H2,1-7H3,(H,30,34)(H,31,36). The summed E-state index contributed by atoms with van der Waals surface area (Å²) in [6.45, 7) is 9.02. The summed E-state index contributed by atoms with van der Waals surface area (Å²) in [4.78, 5) is 42.2. The van der Waals surface area contributed by atoms with Crippen LogP contribution < -0.4 is 15.4 Å². The maximum atomic E-state index is 14.2. The molecule has 0 aliphatic carbocycles. The number of phenols is 1. The number of aromatic hydroxyl groups is 1. The van der Waals surface area contributed by atoms with Gasteiger partial charge >= 0.3 is 6.09 Å². The van der Waals surface area contributed by atoms with Gasteiger partial charge in [-0.1, -0.05) is 19.1 Å². The molecule has 2 aromatic carbocycles. The number of ether oxygens (including phenoxy) is 2. The van der Waals surface area contributed by atoms with Crippen LogP contribution in [0.25, 0.3) is 0 Å². The largest absolute Gasteiger partial charge is 0.508 e. The molecule has 39 heavy (non-hydrogen) atoms. The number of benzene rings is 2. The van der Waals surface area contributed by atoms with Crippen molar-refractivity contribution < 1.29 is 29.0 Å². The molecule has 0 saturated carbocycles. The lowest BCUT2D eigenvalue weighted by Gasteiger charge is -2.38. The van der Waals surface area contributed by atoms with Crippen LogP contribution in [0.1, 0.15) is 59.1 Å². The van der Waals surface area contributed by atoms with Crippen LogP contribution in [-0.4, -0.2) is 64.7 Å². The first-order valence-corrected chi connectivity index (χ1v) is 14.3. The van der Waals surface area contributed by atoms with Crippen molar-refractivity contribution in [3.63, 3.8) is 0 Å². The van der Waals surface area contributed by atoms with E-state index in [4.69, 9.17) is 9.47 Å². The van der Waals surface area contributed by atoms with E-state index >= 15 is 0 Å². The molecular weight excluding hydrogens is 518 g/mol. The zero-order valence-corrected chi connectivity index (χ0v) is 24.6. The van der Waals surface area contributed by atoms with E-state index in [0.29, 0.717) is 35.6 Å². The van der Waals surface area contributed by atoms with E-state index in [9.17, 15) is 19.5 Å². The predicted molar refractivity (Wildman–Crippen MR) is 155 cm³/mol. The first-order valence-electron chi connectivity index (χ1n) is 12.9. The molecule has 2 aromatic rings. The first-order chi connectivity index (χ1) is 18.4. The number of thioether (sulfide) groups is 1. The average Bonchev–Trinajstić information content (AvgIpc) is 2.88. The molecule has 0 fully saturated rings. The summed E-state index contributed by atoms with van der Waals surface area (Å²) >= 11 is 1.55. The molecule has 2 rings (SSSR count). The number of nitrogens with one attached hydrogen (secondary N) is 2. The monoisotopic (exact) mass is 559 g/mol. The fourth-order valence-electron chi connectivity index (χ4n) is 3.94. The molecule has 0 radical (unpaired) electrons. The molecule has 214 valence electrons. The summed E-state index contributed by atoms with van der Waals surface area (Å²) in [5.74, 6) is 0.341. The van der Waals surface area contributed by atoms with Gasteiger partial charge < -0.3 is 30.1 Å². The third kappa shape index (κ3) is 9.69. The van der Waals surface area contributed by atoms with Crippen molar-refractivity contribution in [3.05, 3.63) is 54.1 Å². The first kappa shape index (κ1) is 31.8. The Bertz CT molecular complexity index is 1100. The summed E-state index contributed by atoms with van der Waals surface area (Å²) in [5.41, 5.74) is 0.222. The Labute approximate surface area is 235 Å². The fourth-order valence-corrected chi connectivity index (χ4v) is 4.41. The molecule has 0 heterocycles. The second-order valence-corrected chi connectivity index (χ2v) is 11.2. The predicted octanol–water partition coefficient (Wildman–Crippen LogP) is 5.35. The second-order valence-electron chi connectivity index (χ2n) is 10.2. The number of methoxy groups -OCH3 is 1. The lowest BCUT2D eigenvalue weighted by Crippen LogP contribution is -2.55. The number of nitrogens with zero attached hydrogens (tertiary/aromatic N) is 1. The van der Waals surface area contributed by atoms with Crippen LogP contribution in [-0.2, 0) is 14.3 Å². The molecule has 3 N–H and O–H groups in total. The van der Waals surface area contributed by atoms with E-state index in [1.165, 1.54) is 17.0 Å². The Kier molecular flexibility index (Phi) is 12.0. The Morgan fingerprint density at radius 3 is 2.31 bits per heavy atom. The van der Waals surface area contributed by atoms with Crippen LogP contribution in [0.3, 0.4) is 0 Å². The molecular formula is C29H41N3O6S. The molecule has 10 heteroatoms. The third-order valence-electron chi connectivity index (χ3n) is 5.99. The van der Waals surface area contributed by atoms with Crippen molar-refractivity contribution in [2.45, 2.75) is 71.2 Å². The minimum absolute atomic E-state index is 0.0305. The van der Waals surface area contributed by atoms with Gasteiger partial charge in [-0.25, -0.2) is 4.79 Å². The molecule has 9 nitrogen and oxygen atoms in total. The van der Waals surface area contributed by atoms with E-state index < -0.39 is 35.6 Å². The number of alkyl carbamates (subject to hydrolysis) is 1. The van der Waals surface area contributed by atoms with E-state index in [-0.39, 0.29) is 11.8 Å². The van der Waals surface area contributed by atoms with Gasteiger partial charge in [-0.3, -0.25) is 9.59 Å². The highest BCUT2D eigenvalue weighted by Gasteiger charge is 2.38. The van der Waals surface area contributed by atoms with Gasteiger partial charge in [0.2, 0.25) is 5.91 Å². The second kappa shape index (κ2) is 14.7. The molecule has 3 amide bonds. The Balaban J connectivity index is 2.53. The molecule has 3 atom stereocenters. The smallest absolute Gasteiger partial charge is 0.408 e. The number of phenolic OH excluding ortho intramolecular Hbond substituents is 1. The minimum Gasteiger partial charge on any atom is -0.508 e. The zero-order valence-electron chi connectivity index (χ0n) is 23.8. The highest BCUT2D eigenvalue weighted by molar-refractivity contribution is 7.98. The van der Waals surface area contributed by atoms with Gasteiger partial charge in [-0.15, -0.1) is 0 Å². The summed E-state index contributed by atoms with van der Waals surface area (Å²) in [6.07, 6.45) is 2.11. The Morgan fingerprint density at radius 2 is 1.77 bits per heavy atom. The van der Waals surface area contributed by atoms with Crippen molar-refractivity contribution in [1.82, 2.24) is 10.2 Å². The van der Waals surface area contributed by atoms with Gasteiger partial charge in [-0.2, -0.15) is 11.8 Å². The number of hydrogen-bond donors (Lipinski definition) is 3. The topological polar surface area (TPSA) is 117 Å². The molecule has 3 unspecified atom stereocenters. The number of rotatable bonds is 12. The van der Waals surface area contributed by atoms with Gasteiger partial charge in [-0.05, 0) is 94.5 Å². The fraction of sp³-hybridized carbons (Fsp3) is 0.483. The van der Waals surface area contributed by atoms with Gasteiger partial charge in [0.25, 0.3) is 5.91 Å². The van der Waals surface area contributed by atoms with Gasteiger partial charge in [0.05, 0.1) is 7.11 Å². The van der Waals surface area contributed by atoms with Gasteiger partial charge in [0, 0.05) is 11.7 Å². The molecule has 0 saturated heterocycles. The van der Waals surface area contributed by atoms with Crippen molar-refractivity contribution in [1.29, 1.82) is 0 Å². The normalized spacial score (nSPS) is 13.5. The van der Waals surface area contributed by atoms with E-state index in [0.717, 1.165) is 0 Å². The molecule has 0 aliphatic rings. The molecule has 0 bridgehead atoms. The Morgan fingerprint density at radius 1 is 1.10 bits per heavy atom. The van der Waals surface area contributed by atoms with Crippen molar-refractivity contribution in [2.24, 2.45) is 0 Å². The number of carbonyl (C=O) groups is 3. The van der Waals surface area contributed by atoms with E-state index in [1.807, 2.05) is 20.1 Å². The number of anilines is 1. The molecule has 0 aromatic heterocycles. The third-order valence-corrected chi connectivity index (χ3v) is 6.63. The average molecular weight is 560 g/mol. The van der Waals surface area contributed by atoms with E-state index in [1.54, 1.807) is 76.0 Å². The summed E-state index contributed by atoms with van der Waals surface area (Å²) in [7, 11) is 1.56. The molecule has 0 spiro atoms. The van der Waals surface area contributed by atoms with Crippen LogP contribution in [0, 0.1) is 0 Å². The number of carbonyl (C=O) groups excluding carboxylic acids is 3. The Hall–Kier alpha value is -3.40. The van der Waals surface area contributed by atoms with Crippen LogP contribution in [0.15, 0.2) is 48.5 Å². The quantitative estimate of drug-likeness (QED) is 0.321. The van der Waals surface area contributed by atoms with Gasteiger partial charge in [0.15, 0.2) is 0 Å². The van der Waals surface area contributed by atoms with Gasteiger partial charge in [0.1, 0.15) is 29.2 Å². The van der Waals surface area contributed by atoms with Crippen LogP contribution in [0.4, 0.5) is 10.5 Å². The van der Waals surface area contributed by atoms with Crippen LogP contribution in [0.5, 0.6) is 11.5 Å². The van der Waals surface area contributed by atoms with Crippen molar-refractivity contribution in [2.75, 3.05) is 24.4 Å². The lowest BCUT2D eigenvalue weighted by atomic mass is 9.99. The summed E-state index contributed by atoms with van der Waals surface area (Å²) < 4.78 is 10.6. The highest BCUT2D eigenvalue weighted by atomic mass is 32.2. The number of amides is 3. The molecule has 0 aliphatic heterocycles. The van der Waals surface area contributed by atoms with Crippen molar-refractivity contribution >= 4 is 35.4 Å². The summed E-state index contributed by atoms with van der Waals surface area (Å²) in [5, 5.41) is 15.9. The lowest BCUT2D eigenvalue weighted by molar-refractivity contribution is -0.143. The SMILES string of the molecule is CCC(C)N(C(=O)C(CCSC)NC(=O)OC(C)(C)C)C(C(=O)Nc1ccc(OC)cc1)c1cccc(O)c1. The van der Waals surface area contributed by atoms with Crippen LogP contribution >= 0.6 is 11.8 Å². The highest BCUT2D eigenvalue weighted by Crippen LogP contribution is 2.30. The number of hydrogen-bond acceptors (Lipinski definition) is 7. The van der Waals surface area contributed by atoms with E-state index in [2.05, 4.69) is 10.6 Å². The minimum atomic E-state index is -1.08. The maximum absolute atomic E-state index is 14.2. The zero-order chi connectivity index (χ0) is 29.2. The van der Waals surface area contributed by atoms with Crippen molar-refractivity contribution in [3.8, 4) is 11.5 Å². The summed E-state index contributed by atoms with van der Waals surface area (Å²) in [6, 6.07) is 10.8. The maximum Gasteiger partial charge on any atom is 0.408 e. The van der Waals surface area contributed by atoms with Crippen LogP contribution in [0.2, 0.25) is 0 Å².